The van der Waals surface area contributed by atoms with Crippen LogP contribution in [0, 0.1) is 0 Å². The number of nitrogens with one attached hydrogen (secondary N) is 1. The van der Waals surface area contributed by atoms with Gasteiger partial charge in [-0.05, 0) is 30.4 Å². The van der Waals surface area contributed by atoms with Gasteiger partial charge in [-0.15, -0.1) is 11.3 Å². The Morgan fingerprint density at radius 1 is 1.27 bits per heavy atom. The molecule has 2 heterocycles. The Bertz CT molecular complexity index is 794. The molecule has 0 aliphatic heterocycles. The van der Waals surface area contributed by atoms with Gasteiger partial charge in [0, 0.05) is 6.42 Å². The quantitative estimate of drug-likeness (QED) is 0.731. The van der Waals surface area contributed by atoms with Crippen LogP contribution in [-0.2, 0) is 13.0 Å². The van der Waals surface area contributed by atoms with E-state index in [1.165, 1.54) is 16.9 Å². The fourth-order valence-electron chi connectivity index (χ4n) is 2.49. The van der Waals surface area contributed by atoms with E-state index in [4.69, 9.17) is 0 Å². The molecule has 0 fully saturated rings. The molecule has 3 N–H and O–H groups in total. The van der Waals surface area contributed by atoms with Crippen molar-refractivity contribution < 1.29 is 5.32 Å². The standard InChI is InChI=1S/C17H19N3OS/c1-12(7-8-13-5-3-2-4-6-13)18-11-15-19-14-9-10-22-16(14)17(21)20-15/h2-6,9-10,12,18H,7-8,11H2,1H3,(H,19,20,21)/p+1/t12-/m1/s1. The van der Waals surface area contributed by atoms with Gasteiger partial charge in [-0.25, -0.2) is 4.98 Å². The number of hydrogen-bond donors (Lipinski definition) is 2. The first-order chi connectivity index (χ1) is 10.7. The van der Waals surface area contributed by atoms with E-state index in [0.717, 1.165) is 24.2 Å². The second-order valence-electron chi connectivity index (χ2n) is 5.59. The van der Waals surface area contributed by atoms with Gasteiger partial charge in [0.25, 0.3) is 5.56 Å². The van der Waals surface area contributed by atoms with Crippen molar-refractivity contribution >= 4 is 21.6 Å². The average molecular weight is 314 g/mol. The summed E-state index contributed by atoms with van der Waals surface area (Å²) in [6, 6.07) is 12.9. The summed E-state index contributed by atoms with van der Waals surface area (Å²) in [7, 11) is 0. The molecule has 3 rings (SSSR count). The van der Waals surface area contributed by atoms with Gasteiger partial charge in [0.1, 0.15) is 11.2 Å². The lowest BCUT2D eigenvalue weighted by Gasteiger charge is -2.10. The predicted octanol–water partition coefficient (Wildman–Crippen LogP) is 2.07. The Balaban J connectivity index is 1.55. The molecule has 0 amide bonds. The number of aromatic amines is 1. The molecule has 114 valence electrons. The van der Waals surface area contributed by atoms with Crippen molar-refractivity contribution in [3.8, 4) is 0 Å². The summed E-state index contributed by atoms with van der Waals surface area (Å²) in [5.74, 6) is 0.752. The summed E-state index contributed by atoms with van der Waals surface area (Å²) in [6.45, 7) is 2.92. The number of benzene rings is 1. The van der Waals surface area contributed by atoms with Gasteiger partial charge in [-0.2, -0.15) is 0 Å². The highest BCUT2D eigenvalue weighted by Crippen LogP contribution is 2.13. The van der Waals surface area contributed by atoms with Crippen LogP contribution in [0.15, 0.2) is 46.6 Å². The van der Waals surface area contributed by atoms with Gasteiger partial charge < -0.3 is 10.3 Å². The summed E-state index contributed by atoms with van der Waals surface area (Å²) in [6.07, 6.45) is 2.18. The number of quaternary nitrogens is 1. The number of fused-ring (bicyclic) bond motifs is 1. The number of H-pyrrole nitrogens is 1. The zero-order valence-electron chi connectivity index (χ0n) is 12.6. The minimum atomic E-state index is -0.0275. The van der Waals surface area contributed by atoms with Crippen LogP contribution in [0.2, 0.25) is 0 Å². The van der Waals surface area contributed by atoms with E-state index in [1.807, 2.05) is 17.5 Å². The molecule has 1 aromatic carbocycles. The van der Waals surface area contributed by atoms with Crippen LogP contribution in [-0.4, -0.2) is 16.0 Å². The van der Waals surface area contributed by atoms with Crippen molar-refractivity contribution in [2.75, 3.05) is 0 Å². The molecule has 0 aliphatic rings. The third-order valence-corrected chi connectivity index (χ3v) is 4.71. The molecular formula is C17H20N3OS+. The van der Waals surface area contributed by atoms with Crippen LogP contribution in [0.3, 0.4) is 0 Å². The second-order valence-corrected chi connectivity index (χ2v) is 6.51. The van der Waals surface area contributed by atoms with Crippen LogP contribution >= 0.6 is 11.3 Å². The Labute approximate surface area is 133 Å². The monoisotopic (exact) mass is 314 g/mol. The maximum Gasteiger partial charge on any atom is 0.269 e. The lowest BCUT2D eigenvalue weighted by molar-refractivity contribution is -0.702. The van der Waals surface area contributed by atoms with E-state index in [2.05, 4.69) is 46.5 Å². The van der Waals surface area contributed by atoms with Crippen molar-refractivity contribution in [3.63, 3.8) is 0 Å². The maximum atomic E-state index is 11.9. The number of thiophene rings is 1. The van der Waals surface area contributed by atoms with Crippen LogP contribution in [0.4, 0.5) is 0 Å². The molecule has 5 heteroatoms. The van der Waals surface area contributed by atoms with Crippen LogP contribution in [0.1, 0.15) is 24.7 Å². The fraction of sp³-hybridized carbons (Fsp3) is 0.294. The molecular weight excluding hydrogens is 294 g/mol. The highest BCUT2D eigenvalue weighted by Gasteiger charge is 2.09. The third kappa shape index (κ3) is 3.61. The van der Waals surface area contributed by atoms with Gasteiger partial charge in [-0.3, -0.25) is 4.79 Å². The zero-order chi connectivity index (χ0) is 15.4. The molecule has 2 aromatic heterocycles. The largest absolute Gasteiger partial charge is 0.338 e. The average Bonchev–Trinajstić information content (AvgIpc) is 3.01. The summed E-state index contributed by atoms with van der Waals surface area (Å²) in [5, 5.41) is 4.14. The summed E-state index contributed by atoms with van der Waals surface area (Å²) < 4.78 is 0.709. The van der Waals surface area contributed by atoms with Gasteiger partial charge in [0.05, 0.1) is 11.6 Å². The summed E-state index contributed by atoms with van der Waals surface area (Å²) in [4.78, 5) is 19.3. The molecule has 0 unspecified atom stereocenters. The smallest absolute Gasteiger partial charge is 0.269 e. The molecule has 22 heavy (non-hydrogen) atoms. The van der Waals surface area contributed by atoms with Crippen molar-refractivity contribution in [1.29, 1.82) is 0 Å². The number of aryl methyl sites for hydroxylation is 1. The topological polar surface area (TPSA) is 62.4 Å². The molecule has 0 spiro atoms. The van der Waals surface area contributed by atoms with Crippen LogP contribution in [0.5, 0.6) is 0 Å². The predicted molar refractivity (Wildman–Crippen MR) is 90.1 cm³/mol. The first kappa shape index (κ1) is 14.9. The Morgan fingerprint density at radius 2 is 2.09 bits per heavy atom. The lowest BCUT2D eigenvalue weighted by atomic mass is 10.1. The van der Waals surface area contributed by atoms with E-state index in [1.54, 1.807) is 0 Å². The highest BCUT2D eigenvalue weighted by atomic mass is 32.1. The molecule has 0 radical (unpaired) electrons. The Kier molecular flexibility index (Phi) is 4.65. The summed E-state index contributed by atoms with van der Waals surface area (Å²) >= 11 is 1.44. The van der Waals surface area contributed by atoms with Crippen molar-refractivity contribution in [2.24, 2.45) is 0 Å². The van der Waals surface area contributed by atoms with Crippen LogP contribution < -0.4 is 10.9 Å². The van der Waals surface area contributed by atoms with Crippen LogP contribution in [0.25, 0.3) is 10.2 Å². The Hall–Kier alpha value is -1.98. The van der Waals surface area contributed by atoms with Gasteiger partial charge in [0.2, 0.25) is 0 Å². The number of rotatable bonds is 6. The van der Waals surface area contributed by atoms with E-state index in [-0.39, 0.29) is 5.56 Å². The number of aromatic nitrogens is 2. The summed E-state index contributed by atoms with van der Waals surface area (Å²) in [5.41, 5.74) is 2.14. The fourth-order valence-corrected chi connectivity index (χ4v) is 3.21. The van der Waals surface area contributed by atoms with E-state index in [0.29, 0.717) is 17.3 Å². The van der Waals surface area contributed by atoms with E-state index < -0.39 is 0 Å². The number of nitrogens with zero attached hydrogens (tertiary/aromatic N) is 1. The Morgan fingerprint density at radius 3 is 2.91 bits per heavy atom. The minimum Gasteiger partial charge on any atom is -0.338 e. The molecule has 0 saturated carbocycles. The first-order valence-electron chi connectivity index (χ1n) is 7.56. The third-order valence-electron chi connectivity index (χ3n) is 3.81. The van der Waals surface area contributed by atoms with Gasteiger partial charge in [-0.1, -0.05) is 30.3 Å². The second kappa shape index (κ2) is 6.85. The van der Waals surface area contributed by atoms with Crippen molar-refractivity contribution in [2.45, 2.75) is 32.4 Å². The minimum absolute atomic E-state index is 0.0275. The first-order valence-corrected chi connectivity index (χ1v) is 8.44. The molecule has 3 aromatic rings. The van der Waals surface area contributed by atoms with E-state index >= 15 is 0 Å². The maximum absolute atomic E-state index is 11.9. The molecule has 1 atom stereocenters. The lowest BCUT2D eigenvalue weighted by Crippen LogP contribution is -2.88. The van der Waals surface area contributed by atoms with Crippen molar-refractivity contribution in [3.05, 3.63) is 63.5 Å². The number of hydrogen-bond acceptors (Lipinski definition) is 3. The molecule has 0 bridgehead atoms. The highest BCUT2D eigenvalue weighted by molar-refractivity contribution is 7.17. The normalized spacial score (nSPS) is 12.6. The van der Waals surface area contributed by atoms with Gasteiger partial charge in [0.15, 0.2) is 5.82 Å². The van der Waals surface area contributed by atoms with Crippen molar-refractivity contribution in [1.82, 2.24) is 9.97 Å². The number of nitrogens with two attached hydrogens (primary N) is 1. The molecule has 0 saturated heterocycles. The molecule has 4 nitrogen and oxygen atoms in total. The molecule has 0 aliphatic carbocycles. The SMILES string of the molecule is C[C@H](CCc1ccccc1)[NH2+]Cc1nc2ccsc2c(=O)[nH]1. The van der Waals surface area contributed by atoms with Gasteiger partial charge >= 0.3 is 0 Å². The van der Waals surface area contributed by atoms with E-state index in [9.17, 15) is 4.79 Å². The zero-order valence-corrected chi connectivity index (χ0v) is 13.4.